The molecule has 2 aromatic rings. The van der Waals surface area contributed by atoms with Crippen molar-refractivity contribution in [2.75, 3.05) is 6.61 Å². The van der Waals surface area contributed by atoms with E-state index in [1.54, 1.807) is 7.05 Å². The lowest BCUT2D eigenvalue weighted by Gasteiger charge is -2.17. The third kappa shape index (κ3) is 2.47. The second kappa shape index (κ2) is 5.29. The van der Waals surface area contributed by atoms with E-state index in [2.05, 4.69) is 5.10 Å². The smallest absolute Gasteiger partial charge is 0.307 e. The van der Waals surface area contributed by atoms with Gasteiger partial charge < -0.3 is 9.84 Å². The summed E-state index contributed by atoms with van der Waals surface area (Å²) in [6, 6.07) is 12.4. The molecular weight excluding hydrogens is 284 g/mol. The van der Waals surface area contributed by atoms with Crippen LogP contribution in [0.25, 0.3) is 0 Å². The van der Waals surface area contributed by atoms with Crippen LogP contribution < -0.4 is 10.3 Å². The zero-order valence-corrected chi connectivity index (χ0v) is 12.1. The van der Waals surface area contributed by atoms with Crippen molar-refractivity contribution in [2.24, 2.45) is 13.0 Å². The van der Waals surface area contributed by atoms with E-state index in [9.17, 15) is 14.7 Å². The fourth-order valence-corrected chi connectivity index (χ4v) is 2.72. The molecule has 3 rings (SSSR count). The standard InChI is InChI=1S/C16H16N2O4/c1-18-14(19)8-7-13(17-18)22-10-16(9-12(16)15(20)21)11-5-3-2-4-6-11/h2-8,12H,9-10H2,1H3,(H,20,21)/t12-,16+/m0/s1. The van der Waals surface area contributed by atoms with Crippen LogP contribution in [0, 0.1) is 5.92 Å². The Hall–Kier alpha value is -2.63. The summed E-state index contributed by atoms with van der Waals surface area (Å²) in [6.45, 7) is 0.221. The highest BCUT2D eigenvalue weighted by Gasteiger charge is 2.60. The monoisotopic (exact) mass is 300 g/mol. The van der Waals surface area contributed by atoms with Crippen molar-refractivity contribution in [1.82, 2.24) is 9.78 Å². The van der Waals surface area contributed by atoms with Crippen molar-refractivity contribution in [1.29, 1.82) is 0 Å². The van der Waals surface area contributed by atoms with Gasteiger partial charge >= 0.3 is 5.97 Å². The summed E-state index contributed by atoms with van der Waals surface area (Å²) in [4.78, 5) is 22.7. The minimum absolute atomic E-state index is 0.221. The Bertz CT molecular complexity index is 756. The molecule has 1 heterocycles. The summed E-state index contributed by atoms with van der Waals surface area (Å²) in [6.07, 6.45) is 0.540. The lowest BCUT2D eigenvalue weighted by molar-refractivity contribution is -0.139. The molecule has 0 aliphatic heterocycles. The minimum atomic E-state index is -0.819. The van der Waals surface area contributed by atoms with Gasteiger partial charge in [-0.05, 0) is 12.0 Å². The van der Waals surface area contributed by atoms with Gasteiger partial charge in [-0.25, -0.2) is 4.68 Å². The van der Waals surface area contributed by atoms with Crippen molar-refractivity contribution in [2.45, 2.75) is 11.8 Å². The van der Waals surface area contributed by atoms with Gasteiger partial charge in [0.25, 0.3) is 5.56 Å². The zero-order valence-electron chi connectivity index (χ0n) is 12.1. The predicted octanol–water partition coefficient (Wildman–Crippen LogP) is 1.20. The summed E-state index contributed by atoms with van der Waals surface area (Å²) < 4.78 is 6.86. The second-order valence-corrected chi connectivity index (χ2v) is 5.54. The number of aromatic nitrogens is 2. The number of carbonyl (C=O) groups is 1. The van der Waals surface area contributed by atoms with Gasteiger partial charge in [-0.1, -0.05) is 30.3 Å². The number of benzene rings is 1. The molecule has 114 valence electrons. The van der Waals surface area contributed by atoms with E-state index >= 15 is 0 Å². The molecule has 1 N–H and O–H groups in total. The predicted molar refractivity (Wildman–Crippen MR) is 78.8 cm³/mol. The zero-order chi connectivity index (χ0) is 15.7. The number of aryl methyl sites for hydroxylation is 1. The molecule has 1 aliphatic rings. The molecule has 1 fully saturated rings. The Morgan fingerprint density at radius 1 is 1.36 bits per heavy atom. The first-order chi connectivity index (χ1) is 10.5. The lowest BCUT2D eigenvalue weighted by Crippen LogP contribution is -2.25. The summed E-state index contributed by atoms with van der Waals surface area (Å²) in [5, 5.41) is 13.3. The van der Waals surface area contributed by atoms with Crippen molar-refractivity contribution in [3.05, 3.63) is 58.4 Å². The van der Waals surface area contributed by atoms with E-state index < -0.39 is 17.3 Å². The molecule has 1 aromatic heterocycles. The maximum absolute atomic E-state index is 11.3. The number of carboxylic acid groups (broad SMARTS) is 1. The Labute approximate surface area is 127 Å². The van der Waals surface area contributed by atoms with Crippen LogP contribution in [-0.4, -0.2) is 27.5 Å². The molecule has 22 heavy (non-hydrogen) atoms. The first kappa shape index (κ1) is 14.3. The summed E-state index contributed by atoms with van der Waals surface area (Å²) in [5.41, 5.74) is 0.205. The summed E-state index contributed by atoms with van der Waals surface area (Å²) in [5.74, 6) is -0.961. The van der Waals surface area contributed by atoms with Crippen molar-refractivity contribution >= 4 is 5.97 Å². The average molecular weight is 300 g/mol. The third-order valence-electron chi connectivity index (χ3n) is 4.14. The number of hydrogen-bond donors (Lipinski definition) is 1. The number of carboxylic acids is 1. The van der Waals surface area contributed by atoms with Crippen molar-refractivity contribution < 1.29 is 14.6 Å². The Morgan fingerprint density at radius 2 is 2.09 bits per heavy atom. The van der Waals surface area contributed by atoms with Crippen molar-refractivity contribution in [3.63, 3.8) is 0 Å². The second-order valence-electron chi connectivity index (χ2n) is 5.54. The molecule has 2 atom stereocenters. The third-order valence-corrected chi connectivity index (χ3v) is 4.14. The highest BCUT2D eigenvalue weighted by Crippen LogP contribution is 2.54. The summed E-state index contributed by atoms with van der Waals surface area (Å²) >= 11 is 0. The van der Waals surface area contributed by atoms with Gasteiger partial charge in [0.05, 0.1) is 5.92 Å². The molecular formula is C16H16N2O4. The van der Waals surface area contributed by atoms with E-state index in [1.807, 2.05) is 30.3 Å². The van der Waals surface area contributed by atoms with Crippen LogP contribution in [-0.2, 0) is 17.3 Å². The van der Waals surface area contributed by atoms with Crippen LogP contribution in [0.15, 0.2) is 47.3 Å². The number of aliphatic carboxylic acids is 1. The highest BCUT2D eigenvalue weighted by atomic mass is 16.5. The van der Waals surface area contributed by atoms with E-state index in [1.165, 1.54) is 16.8 Å². The maximum atomic E-state index is 11.3. The van der Waals surface area contributed by atoms with Gasteiger partial charge in [0.2, 0.25) is 5.88 Å². The minimum Gasteiger partial charge on any atom is -0.481 e. The molecule has 1 aromatic carbocycles. The van der Waals surface area contributed by atoms with Crippen LogP contribution in [0.5, 0.6) is 5.88 Å². The molecule has 0 saturated heterocycles. The molecule has 6 nitrogen and oxygen atoms in total. The molecule has 1 saturated carbocycles. The topological polar surface area (TPSA) is 81.4 Å². The molecule has 0 radical (unpaired) electrons. The van der Waals surface area contributed by atoms with Crippen molar-refractivity contribution in [3.8, 4) is 5.88 Å². The maximum Gasteiger partial charge on any atom is 0.307 e. The molecule has 0 unspecified atom stereocenters. The number of nitrogens with zero attached hydrogens (tertiary/aromatic N) is 2. The van der Waals surface area contributed by atoms with Crippen LogP contribution in [0.2, 0.25) is 0 Å². The SMILES string of the molecule is Cn1nc(OC[C@@]2(c3ccccc3)C[C@H]2C(=O)O)ccc1=O. The average Bonchev–Trinajstić information content (AvgIpc) is 3.26. The van der Waals surface area contributed by atoms with Gasteiger partial charge in [-0.15, -0.1) is 5.10 Å². The quantitative estimate of drug-likeness (QED) is 0.897. The highest BCUT2D eigenvalue weighted by molar-refractivity contribution is 5.77. The molecule has 0 bridgehead atoms. The lowest BCUT2D eigenvalue weighted by atomic mass is 9.94. The fourth-order valence-electron chi connectivity index (χ4n) is 2.72. The van der Waals surface area contributed by atoms with Gasteiger partial charge in [0.1, 0.15) is 6.61 Å². The van der Waals surface area contributed by atoms with Gasteiger partial charge in [0, 0.05) is 24.6 Å². The Balaban J connectivity index is 1.82. The van der Waals surface area contributed by atoms with Gasteiger partial charge in [-0.2, -0.15) is 0 Å². The van der Waals surface area contributed by atoms with Crippen LogP contribution in [0.3, 0.4) is 0 Å². The Morgan fingerprint density at radius 3 is 2.68 bits per heavy atom. The number of rotatable bonds is 5. The first-order valence-electron chi connectivity index (χ1n) is 6.98. The number of hydrogen-bond acceptors (Lipinski definition) is 4. The van der Waals surface area contributed by atoms with Gasteiger partial charge in [-0.3, -0.25) is 9.59 Å². The van der Waals surface area contributed by atoms with Crippen LogP contribution >= 0.6 is 0 Å². The van der Waals surface area contributed by atoms with Crippen LogP contribution in [0.1, 0.15) is 12.0 Å². The normalized spacial score (nSPS) is 23.0. The largest absolute Gasteiger partial charge is 0.481 e. The summed E-state index contributed by atoms with van der Waals surface area (Å²) in [7, 11) is 1.54. The Kier molecular flexibility index (Phi) is 3.44. The van der Waals surface area contributed by atoms with E-state index in [0.717, 1.165) is 5.56 Å². The van der Waals surface area contributed by atoms with Gasteiger partial charge in [0.15, 0.2) is 0 Å². The van der Waals surface area contributed by atoms with Crippen LogP contribution in [0.4, 0.5) is 0 Å². The van der Waals surface area contributed by atoms with E-state index in [0.29, 0.717) is 12.3 Å². The van der Waals surface area contributed by atoms with E-state index in [-0.39, 0.29) is 12.2 Å². The molecule has 0 spiro atoms. The molecule has 1 aliphatic carbocycles. The first-order valence-corrected chi connectivity index (χ1v) is 6.98. The molecule has 0 amide bonds. The van der Waals surface area contributed by atoms with E-state index in [4.69, 9.17) is 4.74 Å². The fraction of sp³-hybridized carbons (Fsp3) is 0.312. The molecule has 6 heteroatoms. The number of ether oxygens (including phenoxy) is 1.